The molecule has 0 aromatic carbocycles. The topological polar surface area (TPSA) is 50.4 Å². The van der Waals surface area contributed by atoms with Gasteiger partial charge < -0.3 is 15.4 Å². The minimum Gasteiger partial charge on any atom is -0.376 e. The van der Waals surface area contributed by atoms with E-state index in [9.17, 15) is 4.79 Å². The fraction of sp³-hybridized carbons (Fsp3) is 0.917. The minimum absolute atomic E-state index is 0.184. The predicted molar refractivity (Wildman–Crippen MR) is 62.2 cm³/mol. The van der Waals surface area contributed by atoms with Gasteiger partial charge in [-0.05, 0) is 44.7 Å². The Hall–Kier alpha value is -0.610. The maximum Gasteiger partial charge on any atom is 0.220 e. The van der Waals surface area contributed by atoms with Crippen molar-refractivity contribution in [2.45, 2.75) is 38.2 Å². The normalized spacial score (nSPS) is 30.2. The number of hydrogen-bond donors (Lipinski definition) is 2. The van der Waals surface area contributed by atoms with Gasteiger partial charge in [-0.2, -0.15) is 0 Å². The zero-order chi connectivity index (χ0) is 11.2. The van der Waals surface area contributed by atoms with Crippen LogP contribution in [0.25, 0.3) is 0 Å². The van der Waals surface area contributed by atoms with Gasteiger partial charge in [-0.3, -0.25) is 4.79 Å². The first kappa shape index (κ1) is 11.9. The predicted octanol–water partition coefficient (Wildman–Crippen LogP) is 0.671. The maximum atomic E-state index is 11.7. The lowest BCUT2D eigenvalue weighted by Gasteiger charge is -2.22. The zero-order valence-electron chi connectivity index (χ0n) is 9.84. The molecule has 0 saturated carbocycles. The molecule has 2 heterocycles. The molecule has 4 nitrogen and oxygen atoms in total. The van der Waals surface area contributed by atoms with Gasteiger partial charge in [-0.1, -0.05) is 0 Å². The first-order chi connectivity index (χ1) is 7.84. The van der Waals surface area contributed by atoms with E-state index in [0.29, 0.717) is 18.9 Å². The van der Waals surface area contributed by atoms with Crippen molar-refractivity contribution in [2.75, 3.05) is 26.2 Å². The van der Waals surface area contributed by atoms with E-state index in [1.807, 2.05) is 0 Å². The standard InChI is InChI=1S/C12H22N2O2/c15-12(7-10-3-1-5-13-8-10)14-9-11-4-2-6-16-11/h10-11,13H,1-9H2,(H,14,15). The molecule has 92 valence electrons. The van der Waals surface area contributed by atoms with E-state index < -0.39 is 0 Å². The van der Waals surface area contributed by atoms with E-state index in [0.717, 1.165) is 32.5 Å². The van der Waals surface area contributed by atoms with Gasteiger partial charge in [0.05, 0.1) is 6.10 Å². The van der Waals surface area contributed by atoms with Crippen molar-refractivity contribution in [3.63, 3.8) is 0 Å². The van der Waals surface area contributed by atoms with Crippen molar-refractivity contribution in [3.8, 4) is 0 Å². The zero-order valence-corrected chi connectivity index (χ0v) is 9.84. The van der Waals surface area contributed by atoms with Crippen LogP contribution in [0.1, 0.15) is 32.1 Å². The van der Waals surface area contributed by atoms with Gasteiger partial charge >= 0.3 is 0 Å². The lowest BCUT2D eigenvalue weighted by molar-refractivity contribution is -0.122. The third kappa shape index (κ3) is 3.76. The number of carbonyl (C=O) groups excluding carboxylic acids is 1. The van der Waals surface area contributed by atoms with Gasteiger partial charge in [0.15, 0.2) is 0 Å². The molecule has 16 heavy (non-hydrogen) atoms. The molecule has 2 aliphatic heterocycles. The van der Waals surface area contributed by atoms with Crippen molar-refractivity contribution in [2.24, 2.45) is 5.92 Å². The van der Waals surface area contributed by atoms with Crippen LogP contribution >= 0.6 is 0 Å². The summed E-state index contributed by atoms with van der Waals surface area (Å²) in [7, 11) is 0. The average molecular weight is 226 g/mol. The van der Waals surface area contributed by atoms with Crippen LogP contribution in [0.4, 0.5) is 0 Å². The van der Waals surface area contributed by atoms with Crippen LogP contribution in [0.3, 0.4) is 0 Å². The second-order valence-corrected chi connectivity index (χ2v) is 4.86. The molecule has 1 amide bonds. The summed E-state index contributed by atoms with van der Waals surface area (Å²) in [5.74, 6) is 0.711. The second-order valence-electron chi connectivity index (χ2n) is 4.86. The van der Waals surface area contributed by atoms with E-state index >= 15 is 0 Å². The van der Waals surface area contributed by atoms with Crippen LogP contribution in [0.15, 0.2) is 0 Å². The van der Waals surface area contributed by atoms with Gasteiger partial charge in [-0.15, -0.1) is 0 Å². The smallest absolute Gasteiger partial charge is 0.220 e. The Morgan fingerprint density at radius 2 is 2.31 bits per heavy atom. The van der Waals surface area contributed by atoms with Crippen LogP contribution in [-0.2, 0) is 9.53 Å². The molecule has 2 saturated heterocycles. The summed E-state index contributed by atoms with van der Waals surface area (Å²) in [4.78, 5) is 11.7. The molecular formula is C12H22N2O2. The Balaban J connectivity index is 1.59. The summed E-state index contributed by atoms with van der Waals surface area (Å²) in [6.45, 7) is 3.65. The Bertz CT molecular complexity index is 221. The molecular weight excluding hydrogens is 204 g/mol. The molecule has 0 aromatic heterocycles. The van der Waals surface area contributed by atoms with Gasteiger partial charge in [0.2, 0.25) is 5.91 Å². The van der Waals surface area contributed by atoms with Gasteiger partial charge in [-0.25, -0.2) is 0 Å². The number of amides is 1. The molecule has 0 spiro atoms. The van der Waals surface area contributed by atoms with E-state index in [1.54, 1.807) is 0 Å². The van der Waals surface area contributed by atoms with E-state index in [-0.39, 0.29) is 12.0 Å². The number of carbonyl (C=O) groups is 1. The molecule has 0 bridgehead atoms. The molecule has 0 aliphatic carbocycles. The van der Waals surface area contributed by atoms with Crippen molar-refractivity contribution >= 4 is 5.91 Å². The molecule has 2 rings (SSSR count). The fourth-order valence-electron chi connectivity index (χ4n) is 2.47. The summed E-state index contributed by atoms with van der Waals surface area (Å²) in [5.41, 5.74) is 0. The van der Waals surface area contributed by atoms with Gasteiger partial charge in [0.25, 0.3) is 0 Å². The third-order valence-corrected chi connectivity index (χ3v) is 3.42. The average Bonchev–Trinajstić information content (AvgIpc) is 2.81. The van der Waals surface area contributed by atoms with Gasteiger partial charge in [0, 0.05) is 19.6 Å². The van der Waals surface area contributed by atoms with E-state index in [4.69, 9.17) is 4.74 Å². The Labute approximate surface area is 97.1 Å². The van der Waals surface area contributed by atoms with Gasteiger partial charge in [0.1, 0.15) is 0 Å². The summed E-state index contributed by atoms with van der Waals surface area (Å²) < 4.78 is 5.47. The quantitative estimate of drug-likeness (QED) is 0.741. The molecule has 4 heteroatoms. The van der Waals surface area contributed by atoms with Crippen LogP contribution in [0.5, 0.6) is 0 Å². The van der Waals surface area contributed by atoms with Crippen LogP contribution in [-0.4, -0.2) is 38.3 Å². The van der Waals surface area contributed by atoms with Crippen molar-refractivity contribution < 1.29 is 9.53 Å². The maximum absolute atomic E-state index is 11.7. The molecule has 0 radical (unpaired) electrons. The first-order valence-electron chi connectivity index (χ1n) is 6.43. The lowest BCUT2D eigenvalue weighted by Crippen LogP contribution is -2.36. The number of hydrogen-bond acceptors (Lipinski definition) is 3. The monoisotopic (exact) mass is 226 g/mol. The minimum atomic E-state index is 0.184. The Morgan fingerprint density at radius 1 is 1.38 bits per heavy atom. The number of piperidine rings is 1. The van der Waals surface area contributed by atoms with E-state index in [2.05, 4.69) is 10.6 Å². The summed E-state index contributed by atoms with van der Waals surface area (Å²) in [6.07, 6.45) is 5.52. The first-order valence-corrected chi connectivity index (χ1v) is 6.43. The summed E-state index contributed by atoms with van der Waals surface area (Å²) in [5, 5.41) is 6.31. The Kier molecular flexibility index (Phi) is 4.60. The van der Waals surface area contributed by atoms with Crippen molar-refractivity contribution in [1.29, 1.82) is 0 Å². The molecule has 2 fully saturated rings. The molecule has 2 N–H and O–H groups in total. The molecule has 0 aromatic rings. The number of rotatable bonds is 4. The second kappa shape index (κ2) is 6.21. The van der Waals surface area contributed by atoms with Crippen LogP contribution in [0.2, 0.25) is 0 Å². The largest absolute Gasteiger partial charge is 0.376 e. The van der Waals surface area contributed by atoms with E-state index in [1.165, 1.54) is 12.8 Å². The van der Waals surface area contributed by atoms with Crippen molar-refractivity contribution in [1.82, 2.24) is 10.6 Å². The molecule has 2 unspecified atom stereocenters. The highest BCUT2D eigenvalue weighted by Gasteiger charge is 2.19. The summed E-state index contributed by atoms with van der Waals surface area (Å²) >= 11 is 0. The number of nitrogens with one attached hydrogen (secondary N) is 2. The Morgan fingerprint density at radius 3 is 3.00 bits per heavy atom. The van der Waals surface area contributed by atoms with Crippen LogP contribution in [0, 0.1) is 5.92 Å². The van der Waals surface area contributed by atoms with Crippen molar-refractivity contribution in [3.05, 3.63) is 0 Å². The number of ether oxygens (including phenoxy) is 1. The SMILES string of the molecule is O=C(CC1CCCNC1)NCC1CCCO1. The highest BCUT2D eigenvalue weighted by atomic mass is 16.5. The van der Waals surface area contributed by atoms with Crippen LogP contribution < -0.4 is 10.6 Å². The highest BCUT2D eigenvalue weighted by molar-refractivity contribution is 5.76. The third-order valence-electron chi connectivity index (χ3n) is 3.42. The molecule has 2 atom stereocenters. The highest BCUT2D eigenvalue weighted by Crippen LogP contribution is 2.14. The lowest BCUT2D eigenvalue weighted by atomic mass is 9.96. The molecule has 2 aliphatic rings. The summed E-state index contributed by atoms with van der Waals surface area (Å²) in [6, 6.07) is 0. The fourth-order valence-corrected chi connectivity index (χ4v) is 2.47.